The summed E-state index contributed by atoms with van der Waals surface area (Å²) < 4.78 is 42.0. The Hall–Kier alpha value is -2.52. The second-order valence-electron chi connectivity index (χ2n) is 5.51. The highest BCUT2D eigenvalue weighted by molar-refractivity contribution is 5.55. The Bertz CT molecular complexity index is 765. The Labute approximate surface area is 131 Å². The topological polar surface area (TPSA) is 47.3 Å². The molecule has 118 valence electrons. The molecule has 23 heavy (non-hydrogen) atoms. The molecular formula is C17H13F3N2O. The summed E-state index contributed by atoms with van der Waals surface area (Å²) >= 11 is 0. The first-order valence-electron chi connectivity index (χ1n) is 7.09. The Morgan fingerprint density at radius 2 is 1.83 bits per heavy atom. The number of aliphatic hydroxyl groups excluding tert-OH is 1. The maximum absolute atomic E-state index is 14.3. The first-order chi connectivity index (χ1) is 11.0. The molecule has 0 amide bonds. The van der Waals surface area contributed by atoms with Crippen molar-refractivity contribution in [1.82, 2.24) is 0 Å². The molecule has 3 nitrogen and oxygen atoms in total. The van der Waals surface area contributed by atoms with Crippen LogP contribution >= 0.6 is 0 Å². The van der Waals surface area contributed by atoms with Crippen molar-refractivity contribution in [2.24, 2.45) is 0 Å². The van der Waals surface area contributed by atoms with Gasteiger partial charge in [-0.05, 0) is 36.2 Å². The molecule has 0 aromatic heterocycles. The van der Waals surface area contributed by atoms with E-state index in [0.29, 0.717) is 5.56 Å². The van der Waals surface area contributed by atoms with Gasteiger partial charge in [0.2, 0.25) is 0 Å². The van der Waals surface area contributed by atoms with Crippen molar-refractivity contribution in [3.8, 4) is 6.07 Å². The minimum absolute atomic E-state index is 0.0287. The van der Waals surface area contributed by atoms with Crippen LogP contribution in [0.5, 0.6) is 0 Å². The highest BCUT2D eigenvalue weighted by atomic mass is 19.1. The lowest BCUT2D eigenvalue weighted by atomic mass is 10.0. The van der Waals surface area contributed by atoms with E-state index in [1.165, 1.54) is 23.1 Å². The van der Waals surface area contributed by atoms with Crippen molar-refractivity contribution < 1.29 is 18.3 Å². The van der Waals surface area contributed by atoms with E-state index in [4.69, 9.17) is 5.26 Å². The maximum Gasteiger partial charge on any atom is 0.150 e. The zero-order chi connectivity index (χ0) is 16.6. The lowest BCUT2D eigenvalue weighted by Crippen LogP contribution is -2.26. The molecule has 2 aromatic carbocycles. The smallest absolute Gasteiger partial charge is 0.150 e. The predicted molar refractivity (Wildman–Crippen MR) is 78.2 cm³/mol. The van der Waals surface area contributed by atoms with Crippen molar-refractivity contribution in [3.05, 3.63) is 65.0 Å². The van der Waals surface area contributed by atoms with Crippen molar-refractivity contribution in [2.45, 2.75) is 18.6 Å². The molecule has 1 fully saturated rings. The van der Waals surface area contributed by atoms with Gasteiger partial charge in [0.15, 0.2) is 11.6 Å². The summed E-state index contributed by atoms with van der Waals surface area (Å²) in [5.41, 5.74) is 0.102. The molecule has 1 aliphatic rings. The van der Waals surface area contributed by atoms with Gasteiger partial charge < -0.3 is 10.0 Å². The number of hydrogen-bond acceptors (Lipinski definition) is 3. The zero-order valence-corrected chi connectivity index (χ0v) is 12.0. The van der Waals surface area contributed by atoms with Gasteiger partial charge in [-0.25, -0.2) is 13.2 Å². The second-order valence-corrected chi connectivity index (χ2v) is 5.51. The van der Waals surface area contributed by atoms with Gasteiger partial charge in [0.1, 0.15) is 11.5 Å². The number of nitrogens with zero attached hydrogens (tertiary/aromatic N) is 2. The minimum atomic E-state index is -0.878. The monoisotopic (exact) mass is 318 g/mol. The Balaban J connectivity index is 2.06. The molecule has 1 heterocycles. The number of benzene rings is 2. The molecule has 3 rings (SSSR count). The molecule has 1 N–H and O–H groups in total. The summed E-state index contributed by atoms with van der Waals surface area (Å²) in [7, 11) is 0. The number of halogens is 3. The molecule has 0 unspecified atom stereocenters. The first kappa shape index (κ1) is 15.4. The molecular weight excluding hydrogens is 305 g/mol. The highest BCUT2D eigenvalue weighted by Crippen LogP contribution is 2.39. The van der Waals surface area contributed by atoms with Crippen LogP contribution in [0, 0.1) is 28.8 Å². The van der Waals surface area contributed by atoms with Crippen LogP contribution in [0.2, 0.25) is 0 Å². The van der Waals surface area contributed by atoms with E-state index < -0.39 is 29.6 Å². The molecule has 2 atom stereocenters. The number of hydrogen-bond donors (Lipinski definition) is 1. The molecule has 1 aliphatic heterocycles. The van der Waals surface area contributed by atoms with Gasteiger partial charge in [-0.1, -0.05) is 12.1 Å². The van der Waals surface area contributed by atoms with E-state index in [1.807, 2.05) is 0 Å². The molecule has 1 saturated heterocycles. The largest absolute Gasteiger partial charge is 0.391 e. The summed E-state index contributed by atoms with van der Waals surface area (Å²) in [6.07, 6.45) is -0.541. The summed E-state index contributed by atoms with van der Waals surface area (Å²) in [6.45, 7) is 0.0287. The average molecular weight is 318 g/mol. The van der Waals surface area contributed by atoms with E-state index in [2.05, 4.69) is 0 Å². The highest BCUT2D eigenvalue weighted by Gasteiger charge is 2.35. The molecule has 0 bridgehead atoms. The predicted octanol–water partition coefficient (Wildman–Crippen LogP) is 3.29. The fourth-order valence-electron chi connectivity index (χ4n) is 3.00. The van der Waals surface area contributed by atoms with Gasteiger partial charge >= 0.3 is 0 Å². The lowest BCUT2D eigenvalue weighted by Gasteiger charge is -2.27. The lowest BCUT2D eigenvalue weighted by molar-refractivity contribution is 0.194. The number of aliphatic hydroxyl groups is 1. The van der Waals surface area contributed by atoms with Crippen LogP contribution in [-0.4, -0.2) is 17.8 Å². The number of anilines is 1. The van der Waals surface area contributed by atoms with Crippen LogP contribution in [0.15, 0.2) is 36.4 Å². The van der Waals surface area contributed by atoms with Gasteiger partial charge in [-0.3, -0.25) is 0 Å². The van der Waals surface area contributed by atoms with Crippen LogP contribution in [0.25, 0.3) is 0 Å². The van der Waals surface area contributed by atoms with Gasteiger partial charge in [0, 0.05) is 6.54 Å². The zero-order valence-electron chi connectivity index (χ0n) is 12.0. The molecule has 0 spiro atoms. The summed E-state index contributed by atoms with van der Waals surface area (Å²) in [5.74, 6) is -2.21. The van der Waals surface area contributed by atoms with Crippen molar-refractivity contribution in [2.75, 3.05) is 11.4 Å². The van der Waals surface area contributed by atoms with Crippen LogP contribution in [0.1, 0.15) is 23.6 Å². The van der Waals surface area contributed by atoms with Gasteiger partial charge in [0.05, 0.1) is 23.8 Å². The van der Waals surface area contributed by atoms with E-state index in [-0.39, 0.29) is 24.2 Å². The fraction of sp³-hybridized carbons (Fsp3) is 0.235. The van der Waals surface area contributed by atoms with Crippen molar-refractivity contribution in [3.63, 3.8) is 0 Å². The number of rotatable bonds is 2. The Morgan fingerprint density at radius 1 is 1.13 bits per heavy atom. The van der Waals surface area contributed by atoms with Crippen molar-refractivity contribution >= 4 is 5.69 Å². The number of nitriles is 1. The van der Waals surface area contributed by atoms with E-state index >= 15 is 0 Å². The summed E-state index contributed by atoms with van der Waals surface area (Å²) in [5, 5.41) is 18.7. The van der Waals surface area contributed by atoms with Gasteiger partial charge in [-0.2, -0.15) is 5.26 Å². The summed E-state index contributed by atoms with van der Waals surface area (Å²) in [4.78, 5) is 1.38. The molecule has 6 heteroatoms. The molecule has 2 aromatic rings. The van der Waals surface area contributed by atoms with Gasteiger partial charge in [-0.15, -0.1) is 0 Å². The van der Waals surface area contributed by atoms with E-state index in [1.54, 1.807) is 12.1 Å². The average Bonchev–Trinajstić information content (AvgIpc) is 2.88. The maximum atomic E-state index is 14.3. The SMILES string of the molecule is N#Cc1cc(F)c(N2C[C@@H](O)C[C@@H]2c2cccc(F)c2)c(F)c1. The van der Waals surface area contributed by atoms with Crippen LogP contribution < -0.4 is 4.90 Å². The number of β-amino-alcohol motifs (C(OH)–C–C–N with tert-alkyl or cyclic N) is 1. The quantitative estimate of drug-likeness (QED) is 0.924. The molecule has 0 aliphatic carbocycles. The van der Waals surface area contributed by atoms with Crippen LogP contribution in [0.3, 0.4) is 0 Å². The normalized spacial score (nSPS) is 20.6. The molecule has 0 radical (unpaired) electrons. The van der Waals surface area contributed by atoms with Crippen molar-refractivity contribution in [1.29, 1.82) is 5.26 Å². The van der Waals surface area contributed by atoms with E-state index in [9.17, 15) is 18.3 Å². The molecule has 0 saturated carbocycles. The van der Waals surface area contributed by atoms with Gasteiger partial charge in [0.25, 0.3) is 0 Å². The van der Waals surface area contributed by atoms with E-state index in [0.717, 1.165) is 12.1 Å². The standard InChI is InChI=1S/C17H13F3N2O/c18-12-3-1-2-11(6-12)16-7-13(23)9-22(16)17-14(19)4-10(8-21)5-15(17)20/h1-6,13,16,23H,7,9H2/t13-,16+/m0/s1. The first-order valence-corrected chi connectivity index (χ1v) is 7.09. The Morgan fingerprint density at radius 3 is 2.43 bits per heavy atom. The fourth-order valence-corrected chi connectivity index (χ4v) is 3.00. The summed E-state index contributed by atoms with van der Waals surface area (Å²) in [6, 6.07) is 8.78. The Kier molecular flexibility index (Phi) is 3.97. The third-order valence-corrected chi connectivity index (χ3v) is 3.95. The van der Waals surface area contributed by atoms with Crippen LogP contribution in [0.4, 0.5) is 18.9 Å². The second kappa shape index (κ2) is 5.94. The third kappa shape index (κ3) is 2.88. The van der Waals surface area contributed by atoms with Crippen LogP contribution in [-0.2, 0) is 0 Å². The minimum Gasteiger partial charge on any atom is -0.391 e. The third-order valence-electron chi connectivity index (χ3n) is 3.95.